The number of aliphatic hydroxyl groups is 1. The fourth-order valence-electron chi connectivity index (χ4n) is 1.12. The predicted molar refractivity (Wildman–Crippen MR) is 62.7 cm³/mol. The smallest absolute Gasteiger partial charge is 0.289 e. The van der Waals surface area contributed by atoms with Crippen LogP contribution in [0.15, 0.2) is 18.2 Å². The Morgan fingerprint density at radius 1 is 1.31 bits per heavy atom. The average molecular weight is 293 g/mol. The van der Waals surface area contributed by atoms with E-state index >= 15 is 0 Å². The zero-order valence-electron chi connectivity index (χ0n) is 7.96. The molecule has 7 heteroatoms. The second-order valence-electron chi connectivity index (χ2n) is 3.03. The number of aliphatic hydroxyl groups excluding tert-OH is 1. The van der Waals surface area contributed by atoms with Gasteiger partial charge in [0.05, 0.1) is 6.04 Å². The molecule has 0 unspecified atom stereocenters. The normalized spacial score (nSPS) is 13.1. The maximum Gasteiger partial charge on any atom is 0.289 e. The maximum absolute atomic E-state index is 13.1. The molecule has 0 aliphatic carbocycles. The SMILES string of the molecule is Cl.N[C@@H](c1c(Cl)cccc1Cl)C(F)(F)CO. The highest BCUT2D eigenvalue weighted by molar-refractivity contribution is 6.36. The minimum atomic E-state index is -3.45. The number of rotatable bonds is 3. The van der Waals surface area contributed by atoms with Crippen molar-refractivity contribution >= 4 is 35.6 Å². The Morgan fingerprint density at radius 3 is 2.12 bits per heavy atom. The quantitative estimate of drug-likeness (QED) is 0.899. The van der Waals surface area contributed by atoms with E-state index in [-0.39, 0.29) is 28.0 Å². The summed E-state index contributed by atoms with van der Waals surface area (Å²) in [5, 5.41) is 8.61. The first kappa shape index (κ1) is 15.9. The molecule has 0 bridgehead atoms. The van der Waals surface area contributed by atoms with Gasteiger partial charge in [-0.2, -0.15) is 0 Å². The molecule has 0 spiro atoms. The van der Waals surface area contributed by atoms with Crippen molar-refractivity contribution in [3.8, 4) is 0 Å². The van der Waals surface area contributed by atoms with Gasteiger partial charge in [-0.1, -0.05) is 29.3 Å². The standard InChI is InChI=1S/C9H9Cl2F2NO.ClH/c10-5-2-1-3-6(11)7(5)8(14)9(12,13)4-15;/h1-3,8,15H,4,14H2;1H/t8-;/m0./s1. The van der Waals surface area contributed by atoms with Gasteiger partial charge < -0.3 is 10.8 Å². The summed E-state index contributed by atoms with van der Waals surface area (Å²) in [5.74, 6) is -3.45. The summed E-state index contributed by atoms with van der Waals surface area (Å²) in [7, 11) is 0. The second-order valence-corrected chi connectivity index (χ2v) is 3.85. The molecule has 0 saturated heterocycles. The summed E-state index contributed by atoms with van der Waals surface area (Å²) in [6.07, 6.45) is 0. The van der Waals surface area contributed by atoms with Crippen LogP contribution < -0.4 is 5.73 Å². The largest absolute Gasteiger partial charge is 0.390 e. The minimum Gasteiger partial charge on any atom is -0.390 e. The Kier molecular flexibility index (Phi) is 5.93. The predicted octanol–water partition coefficient (Wildman–Crippen LogP) is 3.04. The van der Waals surface area contributed by atoms with Crippen LogP contribution >= 0.6 is 35.6 Å². The summed E-state index contributed by atoms with van der Waals surface area (Å²) >= 11 is 11.4. The van der Waals surface area contributed by atoms with Crippen LogP contribution in [0.3, 0.4) is 0 Å². The molecular formula is C9H10Cl3F2NO. The van der Waals surface area contributed by atoms with Crippen LogP contribution in [0.25, 0.3) is 0 Å². The van der Waals surface area contributed by atoms with Gasteiger partial charge in [0.1, 0.15) is 6.61 Å². The highest BCUT2D eigenvalue weighted by atomic mass is 35.5. The Bertz CT molecular complexity index is 342. The highest BCUT2D eigenvalue weighted by Crippen LogP contribution is 2.36. The summed E-state index contributed by atoms with van der Waals surface area (Å²) < 4.78 is 26.2. The third-order valence-electron chi connectivity index (χ3n) is 1.98. The number of hydrogen-bond acceptors (Lipinski definition) is 2. The van der Waals surface area contributed by atoms with E-state index in [0.29, 0.717) is 0 Å². The molecule has 1 aromatic rings. The number of halogens is 5. The molecule has 0 fully saturated rings. The molecule has 1 atom stereocenters. The fraction of sp³-hybridized carbons (Fsp3) is 0.333. The van der Waals surface area contributed by atoms with Crippen molar-refractivity contribution in [2.75, 3.05) is 6.61 Å². The first-order chi connectivity index (χ1) is 6.90. The Morgan fingerprint density at radius 2 is 1.75 bits per heavy atom. The topological polar surface area (TPSA) is 46.2 Å². The van der Waals surface area contributed by atoms with Crippen molar-refractivity contribution in [3.05, 3.63) is 33.8 Å². The van der Waals surface area contributed by atoms with Crippen molar-refractivity contribution in [1.29, 1.82) is 0 Å². The highest BCUT2D eigenvalue weighted by Gasteiger charge is 2.39. The van der Waals surface area contributed by atoms with Crippen LogP contribution in [-0.2, 0) is 0 Å². The molecule has 0 aliphatic heterocycles. The van der Waals surface area contributed by atoms with Gasteiger partial charge in [0.2, 0.25) is 0 Å². The van der Waals surface area contributed by atoms with Gasteiger partial charge in [-0.05, 0) is 12.1 Å². The van der Waals surface area contributed by atoms with Crippen LogP contribution in [0.2, 0.25) is 10.0 Å². The lowest BCUT2D eigenvalue weighted by atomic mass is 10.0. The van der Waals surface area contributed by atoms with Crippen LogP contribution in [0.5, 0.6) is 0 Å². The lowest BCUT2D eigenvalue weighted by Crippen LogP contribution is -2.36. The molecule has 3 N–H and O–H groups in total. The number of alkyl halides is 2. The van der Waals surface area contributed by atoms with E-state index in [0.717, 1.165) is 0 Å². The van der Waals surface area contributed by atoms with Gasteiger partial charge in [0.15, 0.2) is 0 Å². The molecule has 0 aliphatic rings. The molecule has 0 aromatic heterocycles. The molecule has 16 heavy (non-hydrogen) atoms. The number of nitrogens with two attached hydrogens (primary N) is 1. The first-order valence-electron chi connectivity index (χ1n) is 4.08. The Hall–Kier alpha value is -0.130. The third-order valence-corrected chi connectivity index (χ3v) is 2.64. The summed E-state index contributed by atoms with van der Waals surface area (Å²) in [4.78, 5) is 0. The molecule has 2 nitrogen and oxygen atoms in total. The van der Waals surface area contributed by atoms with Gasteiger partial charge in [-0.3, -0.25) is 0 Å². The summed E-state index contributed by atoms with van der Waals surface area (Å²) in [6.45, 7) is -1.35. The molecule has 0 amide bonds. The van der Waals surface area contributed by atoms with E-state index < -0.39 is 18.6 Å². The average Bonchev–Trinajstić information content (AvgIpc) is 2.17. The van der Waals surface area contributed by atoms with E-state index in [1.54, 1.807) is 0 Å². The van der Waals surface area contributed by atoms with Crippen LogP contribution in [0.4, 0.5) is 8.78 Å². The van der Waals surface area contributed by atoms with Crippen molar-refractivity contribution in [2.45, 2.75) is 12.0 Å². The third kappa shape index (κ3) is 3.18. The zero-order chi connectivity index (χ0) is 11.6. The minimum absolute atomic E-state index is 0. The van der Waals surface area contributed by atoms with Gasteiger partial charge in [-0.15, -0.1) is 12.4 Å². The van der Waals surface area contributed by atoms with E-state index in [9.17, 15) is 8.78 Å². The van der Waals surface area contributed by atoms with Gasteiger partial charge in [0, 0.05) is 15.6 Å². The summed E-state index contributed by atoms with van der Waals surface area (Å²) in [6, 6.07) is 2.63. The van der Waals surface area contributed by atoms with E-state index in [1.165, 1.54) is 18.2 Å². The van der Waals surface area contributed by atoms with Crippen molar-refractivity contribution in [2.24, 2.45) is 5.73 Å². The maximum atomic E-state index is 13.1. The lowest BCUT2D eigenvalue weighted by molar-refractivity contribution is -0.0711. The second kappa shape index (κ2) is 5.98. The molecular weight excluding hydrogens is 282 g/mol. The first-order valence-corrected chi connectivity index (χ1v) is 4.84. The molecule has 0 heterocycles. The van der Waals surface area contributed by atoms with Gasteiger partial charge in [-0.25, -0.2) is 8.78 Å². The summed E-state index contributed by atoms with van der Waals surface area (Å²) in [5.41, 5.74) is 5.25. The number of hydrogen-bond donors (Lipinski definition) is 2. The van der Waals surface area contributed by atoms with Crippen molar-refractivity contribution < 1.29 is 13.9 Å². The van der Waals surface area contributed by atoms with Crippen LogP contribution in [0, 0.1) is 0 Å². The Labute approximate surface area is 108 Å². The Balaban J connectivity index is 0.00000225. The van der Waals surface area contributed by atoms with Crippen molar-refractivity contribution in [3.63, 3.8) is 0 Å². The van der Waals surface area contributed by atoms with E-state index in [2.05, 4.69) is 0 Å². The molecule has 1 rings (SSSR count). The van der Waals surface area contributed by atoms with Crippen LogP contribution in [0.1, 0.15) is 11.6 Å². The monoisotopic (exact) mass is 291 g/mol. The molecule has 0 radical (unpaired) electrons. The molecule has 92 valence electrons. The van der Waals surface area contributed by atoms with E-state index in [4.69, 9.17) is 34.0 Å². The number of benzene rings is 1. The van der Waals surface area contributed by atoms with Gasteiger partial charge in [0.25, 0.3) is 5.92 Å². The lowest BCUT2D eigenvalue weighted by Gasteiger charge is -2.23. The van der Waals surface area contributed by atoms with E-state index in [1.807, 2.05) is 0 Å². The fourth-order valence-corrected chi connectivity index (χ4v) is 1.75. The molecule has 1 aromatic carbocycles. The molecule has 0 saturated carbocycles. The van der Waals surface area contributed by atoms with Crippen LogP contribution in [-0.4, -0.2) is 17.6 Å². The van der Waals surface area contributed by atoms with Gasteiger partial charge >= 0.3 is 0 Å². The zero-order valence-corrected chi connectivity index (χ0v) is 10.3. The van der Waals surface area contributed by atoms with Crippen molar-refractivity contribution in [1.82, 2.24) is 0 Å².